The van der Waals surface area contributed by atoms with Crippen LogP contribution in [0.25, 0.3) is 5.57 Å². The van der Waals surface area contributed by atoms with E-state index < -0.39 is 9.84 Å². The summed E-state index contributed by atoms with van der Waals surface area (Å²) in [7, 11) is -3.48. The van der Waals surface area contributed by atoms with Gasteiger partial charge in [-0.25, -0.2) is 8.42 Å². The summed E-state index contributed by atoms with van der Waals surface area (Å²) >= 11 is 0. The van der Waals surface area contributed by atoms with Gasteiger partial charge in [-0.2, -0.15) is 0 Å². The van der Waals surface area contributed by atoms with Gasteiger partial charge in [-0.1, -0.05) is 24.3 Å². The van der Waals surface area contributed by atoms with Gasteiger partial charge in [0.05, 0.1) is 4.90 Å². The Morgan fingerprint density at radius 1 is 1.14 bits per heavy atom. The fourth-order valence-electron chi connectivity index (χ4n) is 2.49. The minimum atomic E-state index is -3.48. The Kier molecular flexibility index (Phi) is 3.64. The highest BCUT2D eigenvalue weighted by Gasteiger charge is 2.29. The first-order chi connectivity index (χ1) is 10.5. The van der Waals surface area contributed by atoms with E-state index in [0.29, 0.717) is 22.4 Å². The molecule has 1 aliphatic rings. The molecule has 2 aromatic rings. The molecular formula is C16H15NO4S. The van der Waals surface area contributed by atoms with E-state index in [1.54, 1.807) is 30.3 Å². The molecule has 1 heterocycles. The van der Waals surface area contributed by atoms with E-state index in [-0.39, 0.29) is 23.8 Å². The average Bonchev–Trinajstić information content (AvgIpc) is 2.77. The Hall–Kier alpha value is -2.31. The van der Waals surface area contributed by atoms with Crippen molar-refractivity contribution in [2.45, 2.75) is 11.4 Å². The number of hydrogen-bond donors (Lipinski definition) is 2. The summed E-state index contributed by atoms with van der Waals surface area (Å²) in [4.78, 5) is 0.270. The molecule has 2 aromatic carbocycles. The number of phenols is 1. The van der Waals surface area contributed by atoms with Crippen molar-refractivity contribution in [2.24, 2.45) is 5.73 Å². The standard InChI is InChI=1S/C16H15NO4S/c17-8-11-3-1-6-15-12(10-22(19,20)16(11)15)9-21-14-5-2-4-13(18)7-14/h1-7,10,18H,8-9,17H2. The molecular weight excluding hydrogens is 302 g/mol. The molecule has 0 spiro atoms. The van der Waals surface area contributed by atoms with Crippen LogP contribution < -0.4 is 10.5 Å². The first kappa shape index (κ1) is 14.6. The monoisotopic (exact) mass is 317 g/mol. The summed E-state index contributed by atoms with van der Waals surface area (Å²) in [5.74, 6) is 0.568. The largest absolute Gasteiger partial charge is 0.508 e. The molecule has 1 aliphatic heterocycles. The second-order valence-corrected chi connectivity index (χ2v) is 6.71. The van der Waals surface area contributed by atoms with Crippen molar-refractivity contribution in [3.05, 3.63) is 59.0 Å². The van der Waals surface area contributed by atoms with Crippen LogP contribution in [0.15, 0.2) is 52.8 Å². The third-order valence-corrected chi connectivity index (χ3v) is 5.10. The average molecular weight is 317 g/mol. The number of ether oxygens (including phenoxy) is 1. The van der Waals surface area contributed by atoms with E-state index in [2.05, 4.69) is 0 Å². The van der Waals surface area contributed by atoms with E-state index in [9.17, 15) is 13.5 Å². The smallest absolute Gasteiger partial charge is 0.201 e. The maximum Gasteiger partial charge on any atom is 0.201 e. The predicted octanol–water partition coefficient (Wildman–Crippen LogP) is 2.06. The van der Waals surface area contributed by atoms with E-state index in [4.69, 9.17) is 10.5 Å². The minimum Gasteiger partial charge on any atom is -0.508 e. The fourth-order valence-corrected chi connectivity index (χ4v) is 4.20. The lowest BCUT2D eigenvalue weighted by molar-refractivity contribution is 0.366. The number of rotatable bonds is 4. The van der Waals surface area contributed by atoms with Crippen LogP contribution in [0, 0.1) is 0 Å². The third-order valence-electron chi connectivity index (χ3n) is 3.46. The first-order valence-corrected chi connectivity index (χ1v) is 8.26. The summed E-state index contributed by atoms with van der Waals surface area (Å²) in [6.45, 7) is 0.265. The van der Waals surface area contributed by atoms with E-state index in [1.165, 1.54) is 17.5 Å². The molecule has 0 bridgehead atoms. The van der Waals surface area contributed by atoms with Crippen molar-refractivity contribution in [2.75, 3.05) is 6.61 Å². The molecule has 0 aromatic heterocycles. The molecule has 0 unspecified atom stereocenters. The van der Waals surface area contributed by atoms with Crippen molar-refractivity contribution in [1.82, 2.24) is 0 Å². The number of benzene rings is 2. The van der Waals surface area contributed by atoms with Crippen LogP contribution in [-0.2, 0) is 16.4 Å². The first-order valence-electron chi connectivity index (χ1n) is 6.71. The number of hydrogen-bond acceptors (Lipinski definition) is 5. The topological polar surface area (TPSA) is 89.6 Å². The summed E-state index contributed by atoms with van der Waals surface area (Å²) in [6, 6.07) is 11.6. The number of aromatic hydroxyl groups is 1. The van der Waals surface area contributed by atoms with Crippen molar-refractivity contribution >= 4 is 15.4 Å². The minimum absolute atomic E-state index is 0.0938. The van der Waals surface area contributed by atoms with Crippen LogP contribution in [0.1, 0.15) is 11.1 Å². The highest BCUT2D eigenvalue weighted by atomic mass is 32.2. The zero-order valence-corrected chi connectivity index (χ0v) is 12.5. The lowest BCUT2D eigenvalue weighted by Gasteiger charge is -2.09. The zero-order valence-electron chi connectivity index (χ0n) is 11.7. The van der Waals surface area contributed by atoms with Gasteiger partial charge >= 0.3 is 0 Å². The third kappa shape index (κ3) is 2.58. The molecule has 5 nitrogen and oxygen atoms in total. The highest BCUT2D eigenvalue weighted by Crippen LogP contribution is 2.36. The number of sulfone groups is 1. The number of fused-ring (bicyclic) bond motifs is 1. The maximum absolute atomic E-state index is 12.3. The summed E-state index contributed by atoms with van der Waals surface area (Å²) in [5, 5.41) is 10.6. The fraction of sp³-hybridized carbons (Fsp3) is 0.125. The molecule has 22 heavy (non-hydrogen) atoms. The summed E-state index contributed by atoms with van der Waals surface area (Å²) < 4.78 is 30.1. The van der Waals surface area contributed by atoms with Crippen LogP contribution in [0.4, 0.5) is 0 Å². The summed E-state index contributed by atoms with van der Waals surface area (Å²) in [5.41, 5.74) is 7.43. The predicted molar refractivity (Wildman–Crippen MR) is 83.1 cm³/mol. The lowest BCUT2D eigenvalue weighted by Crippen LogP contribution is -2.05. The molecule has 0 aliphatic carbocycles. The Labute approximate surface area is 128 Å². The van der Waals surface area contributed by atoms with E-state index >= 15 is 0 Å². The van der Waals surface area contributed by atoms with Crippen LogP contribution in [0.5, 0.6) is 11.5 Å². The molecule has 6 heteroatoms. The van der Waals surface area contributed by atoms with Gasteiger partial charge in [-0.3, -0.25) is 0 Å². The number of nitrogens with two attached hydrogens (primary N) is 1. The Morgan fingerprint density at radius 2 is 1.91 bits per heavy atom. The molecule has 0 radical (unpaired) electrons. The van der Waals surface area contributed by atoms with Crippen molar-refractivity contribution in [1.29, 1.82) is 0 Å². The quantitative estimate of drug-likeness (QED) is 0.901. The van der Waals surface area contributed by atoms with Crippen molar-refractivity contribution < 1.29 is 18.3 Å². The molecule has 0 saturated carbocycles. The van der Waals surface area contributed by atoms with Gasteiger partial charge < -0.3 is 15.6 Å². The Balaban J connectivity index is 1.91. The van der Waals surface area contributed by atoms with Crippen LogP contribution in [0.3, 0.4) is 0 Å². The molecule has 3 N–H and O–H groups in total. The highest BCUT2D eigenvalue weighted by molar-refractivity contribution is 7.95. The van der Waals surface area contributed by atoms with Gasteiger partial charge in [0.2, 0.25) is 9.84 Å². The zero-order chi connectivity index (χ0) is 15.7. The van der Waals surface area contributed by atoms with Gasteiger partial charge in [0.1, 0.15) is 18.1 Å². The molecule has 0 atom stereocenters. The molecule has 3 rings (SSSR count). The molecule has 114 valence electrons. The second-order valence-electron chi connectivity index (χ2n) is 4.97. The second kappa shape index (κ2) is 5.47. The van der Waals surface area contributed by atoms with Gasteiger partial charge in [-0.05, 0) is 17.7 Å². The van der Waals surface area contributed by atoms with Crippen molar-refractivity contribution in [3.63, 3.8) is 0 Å². The Morgan fingerprint density at radius 3 is 2.64 bits per heavy atom. The maximum atomic E-state index is 12.3. The molecule has 0 amide bonds. The van der Waals surface area contributed by atoms with Gasteiger partial charge in [-0.15, -0.1) is 0 Å². The lowest BCUT2D eigenvalue weighted by atomic mass is 10.1. The SMILES string of the molecule is NCc1cccc2c1S(=O)(=O)C=C2COc1cccc(O)c1. The van der Waals surface area contributed by atoms with Gasteiger partial charge in [0.15, 0.2) is 0 Å². The normalized spacial score (nSPS) is 15.2. The van der Waals surface area contributed by atoms with Gasteiger partial charge in [0, 0.05) is 29.2 Å². The van der Waals surface area contributed by atoms with E-state index in [1.807, 2.05) is 0 Å². The van der Waals surface area contributed by atoms with Gasteiger partial charge in [0.25, 0.3) is 0 Å². The van der Waals surface area contributed by atoms with Crippen molar-refractivity contribution in [3.8, 4) is 11.5 Å². The number of phenolic OH excluding ortho intramolecular Hbond substituents is 1. The van der Waals surface area contributed by atoms with Crippen LogP contribution in [-0.4, -0.2) is 20.1 Å². The van der Waals surface area contributed by atoms with Crippen LogP contribution in [0.2, 0.25) is 0 Å². The molecule has 0 fully saturated rings. The van der Waals surface area contributed by atoms with Crippen LogP contribution >= 0.6 is 0 Å². The Bertz CT molecular complexity index is 856. The van der Waals surface area contributed by atoms with E-state index in [0.717, 1.165) is 0 Å². The molecule has 0 saturated heterocycles. The summed E-state index contributed by atoms with van der Waals surface area (Å²) in [6.07, 6.45) is 0.